The number of esters is 1. The van der Waals surface area contributed by atoms with E-state index < -0.39 is 0 Å². The molecule has 1 fully saturated rings. The summed E-state index contributed by atoms with van der Waals surface area (Å²) < 4.78 is 5.07. The van der Waals surface area contributed by atoms with E-state index in [4.69, 9.17) is 4.74 Å². The minimum absolute atomic E-state index is 0.294. The Bertz CT molecular complexity index is 459. The Morgan fingerprint density at radius 3 is 2.63 bits per heavy atom. The van der Waals surface area contributed by atoms with Crippen molar-refractivity contribution >= 4 is 5.97 Å². The molecule has 1 aromatic carbocycles. The maximum atomic E-state index is 11.9. The lowest BCUT2D eigenvalue weighted by Gasteiger charge is -2.23. The molecule has 0 atom stereocenters. The van der Waals surface area contributed by atoms with Crippen molar-refractivity contribution in [1.29, 1.82) is 0 Å². The molecule has 2 rings (SSSR count). The fourth-order valence-corrected chi connectivity index (χ4v) is 2.88. The third-order valence-corrected chi connectivity index (χ3v) is 3.91. The van der Waals surface area contributed by atoms with E-state index in [0.717, 1.165) is 24.0 Å². The molecule has 0 spiro atoms. The molecule has 0 amide bonds. The normalized spacial score (nSPS) is 16.3. The van der Waals surface area contributed by atoms with Crippen LogP contribution < -0.4 is 0 Å². The smallest absolute Gasteiger partial charge is 0.338 e. The van der Waals surface area contributed by atoms with E-state index in [0.29, 0.717) is 23.8 Å². The van der Waals surface area contributed by atoms with E-state index in [-0.39, 0.29) is 5.97 Å². The Balaban J connectivity index is 2.32. The summed E-state index contributed by atoms with van der Waals surface area (Å²) >= 11 is 0. The second-order valence-corrected chi connectivity index (χ2v) is 5.28. The third kappa shape index (κ3) is 3.09. The summed E-state index contributed by atoms with van der Waals surface area (Å²) in [5, 5.41) is 10.1. The van der Waals surface area contributed by atoms with Crippen LogP contribution in [-0.4, -0.2) is 17.7 Å². The molecule has 1 aliphatic rings. The van der Waals surface area contributed by atoms with Crippen LogP contribution in [0.1, 0.15) is 66.4 Å². The number of aryl methyl sites for hydroxylation is 1. The molecule has 0 aliphatic heterocycles. The number of aromatic hydroxyl groups is 1. The highest BCUT2D eigenvalue weighted by atomic mass is 16.5. The molecule has 104 valence electrons. The first-order valence-corrected chi connectivity index (χ1v) is 7.14. The molecular weight excluding hydrogens is 240 g/mol. The maximum absolute atomic E-state index is 11.9. The van der Waals surface area contributed by atoms with Gasteiger partial charge in [0.25, 0.3) is 0 Å². The van der Waals surface area contributed by atoms with E-state index in [1.807, 2.05) is 13.0 Å². The van der Waals surface area contributed by atoms with Gasteiger partial charge in [0.15, 0.2) is 0 Å². The van der Waals surface area contributed by atoms with Crippen LogP contribution in [-0.2, 0) is 4.74 Å². The molecule has 1 saturated carbocycles. The van der Waals surface area contributed by atoms with Crippen LogP contribution in [0.4, 0.5) is 0 Å². The lowest BCUT2D eigenvalue weighted by molar-refractivity contribution is 0.0525. The average molecular weight is 262 g/mol. The van der Waals surface area contributed by atoms with Gasteiger partial charge in [0.2, 0.25) is 0 Å². The van der Waals surface area contributed by atoms with Crippen LogP contribution >= 0.6 is 0 Å². The van der Waals surface area contributed by atoms with E-state index in [1.54, 1.807) is 13.0 Å². The highest BCUT2D eigenvalue weighted by Gasteiger charge is 2.21. The van der Waals surface area contributed by atoms with Gasteiger partial charge in [0.1, 0.15) is 5.75 Å². The molecule has 0 radical (unpaired) electrons. The van der Waals surface area contributed by atoms with Crippen molar-refractivity contribution in [3.05, 3.63) is 28.8 Å². The fraction of sp³-hybridized carbons (Fsp3) is 0.562. The first-order valence-electron chi connectivity index (χ1n) is 7.14. The van der Waals surface area contributed by atoms with Crippen LogP contribution in [0.25, 0.3) is 0 Å². The Kier molecular flexibility index (Phi) is 4.46. The van der Waals surface area contributed by atoms with Gasteiger partial charge in [-0.15, -0.1) is 0 Å². The number of phenols is 1. The van der Waals surface area contributed by atoms with Gasteiger partial charge in [-0.05, 0) is 55.9 Å². The molecule has 0 heterocycles. The third-order valence-electron chi connectivity index (χ3n) is 3.91. The Morgan fingerprint density at radius 1 is 1.32 bits per heavy atom. The fourth-order valence-electron chi connectivity index (χ4n) is 2.88. The van der Waals surface area contributed by atoms with Crippen molar-refractivity contribution in [2.45, 2.75) is 51.9 Å². The standard InChI is InChI=1S/C16H22O3/c1-3-19-16(18)13-10-14(15(17)9-11(13)2)12-7-5-4-6-8-12/h9-10,12,17H,3-8H2,1-2H3. The highest BCUT2D eigenvalue weighted by Crippen LogP contribution is 2.38. The van der Waals surface area contributed by atoms with Gasteiger partial charge < -0.3 is 9.84 Å². The van der Waals surface area contributed by atoms with Crippen molar-refractivity contribution in [3.63, 3.8) is 0 Å². The van der Waals surface area contributed by atoms with Crippen LogP contribution in [0.2, 0.25) is 0 Å². The first-order chi connectivity index (χ1) is 9.13. The molecule has 1 aliphatic carbocycles. The molecule has 19 heavy (non-hydrogen) atoms. The minimum Gasteiger partial charge on any atom is -0.508 e. The Morgan fingerprint density at radius 2 is 2.00 bits per heavy atom. The molecule has 1 N–H and O–H groups in total. The summed E-state index contributed by atoms with van der Waals surface area (Å²) in [4.78, 5) is 11.9. The summed E-state index contributed by atoms with van der Waals surface area (Å²) in [5.41, 5.74) is 2.27. The predicted molar refractivity (Wildman–Crippen MR) is 74.6 cm³/mol. The summed E-state index contributed by atoms with van der Waals surface area (Å²) in [6, 6.07) is 3.52. The van der Waals surface area contributed by atoms with Gasteiger partial charge >= 0.3 is 5.97 Å². The Labute approximate surface area is 114 Å². The number of phenolic OH excluding ortho intramolecular Hbond substituents is 1. The average Bonchev–Trinajstić information content (AvgIpc) is 2.40. The van der Waals surface area contributed by atoms with Gasteiger partial charge in [0.05, 0.1) is 12.2 Å². The number of carbonyl (C=O) groups is 1. The van der Waals surface area contributed by atoms with E-state index >= 15 is 0 Å². The van der Waals surface area contributed by atoms with Gasteiger partial charge in [-0.3, -0.25) is 0 Å². The van der Waals surface area contributed by atoms with Crippen LogP contribution in [0.3, 0.4) is 0 Å². The van der Waals surface area contributed by atoms with Gasteiger partial charge in [-0.1, -0.05) is 19.3 Å². The van der Waals surface area contributed by atoms with Crippen molar-refractivity contribution in [1.82, 2.24) is 0 Å². The van der Waals surface area contributed by atoms with E-state index in [2.05, 4.69) is 0 Å². The van der Waals surface area contributed by atoms with E-state index in [9.17, 15) is 9.90 Å². The molecular formula is C16H22O3. The molecule has 0 saturated heterocycles. The topological polar surface area (TPSA) is 46.5 Å². The molecule has 0 aromatic heterocycles. The van der Waals surface area contributed by atoms with Gasteiger partial charge in [-0.25, -0.2) is 4.79 Å². The van der Waals surface area contributed by atoms with Gasteiger partial charge in [-0.2, -0.15) is 0 Å². The lowest BCUT2D eigenvalue weighted by atomic mass is 9.82. The summed E-state index contributed by atoms with van der Waals surface area (Å²) in [6.07, 6.45) is 5.87. The zero-order chi connectivity index (χ0) is 13.8. The number of hydrogen-bond acceptors (Lipinski definition) is 3. The zero-order valence-corrected chi connectivity index (χ0v) is 11.7. The lowest BCUT2D eigenvalue weighted by Crippen LogP contribution is -2.10. The molecule has 0 unspecified atom stereocenters. The number of ether oxygens (including phenoxy) is 1. The quantitative estimate of drug-likeness (QED) is 0.840. The minimum atomic E-state index is -0.294. The monoisotopic (exact) mass is 262 g/mol. The number of benzene rings is 1. The SMILES string of the molecule is CCOC(=O)c1cc(C2CCCCC2)c(O)cc1C. The van der Waals surface area contributed by atoms with Crippen LogP contribution in [0.15, 0.2) is 12.1 Å². The maximum Gasteiger partial charge on any atom is 0.338 e. The Hall–Kier alpha value is -1.51. The predicted octanol–water partition coefficient (Wildman–Crippen LogP) is 3.93. The highest BCUT2D eigenvalue weighted by molar-refractivity contribution is 5.91. The number of rotatable bonds is 3. The summed E-state index contributed by atoms with van der Waals surface area (Å²) in [7, 11) is 0. The molecule has 1 aromatic rings. The second-order valence-electron chi connectivity index (χ2n) is 5.28. The zero-order valence-electron chi connectivity index (χ0n) is 11.7. The van der Waals surface area contributed by atoms with Crippen molar-refractivity contribution in [2.75, 3.05) is 6.61 Å². The molecule has 3 heteroatoms. The van der Waals surface area contributed by atoms with Crippen LogP contribution in [0.5, 0.6) is 5.75 Å². The largest absolute Gasteiger partial charge is 0.508 e. The summed E-state index contributed by atoms with van der Waals surface area (Å²) in [5.74, 6) is 0.400. The van der Waals surface area contributed by atoms with Crippen molar-refractivity contribution < 1.29 is 14.6 Å². The van der Waals surface area contributed by atoms with Crippen molar-refractivity contribution in [3.8, 4) is 5.75 Å². The number of carbonyl (C=O) groups excluding carboxylic acids is 1. The second kappa shape index (κ2) is 6.09. The van der Waals surface area contributed by atoms with Crippen molar-refractivity contribution in [2.24, 2.45) is 0 Å². The summed E-state index contributed by atoms with van der Waals surface area (Å²) in [6.45, 7) is 4.00. The van der Waals surface area contributed by atoms with E-state index in [1.165, 1.54) is 19.3 Å². The molecule has 0 bridgehead atoms. The first kappa shape index (κ1) is 13.9. The molecule has 3 nitrogen and oxygen atoms in total. The van der Waals surface area contributed by atoms with Gasteiger partial charge in [0, 0.05) is 0 Å². The van der Waals surface area contributed by atoms with Crippen LogP contribution in [0, 0.1) is 6.92 Å². The number of hydrogen-bond donors (Lipinski definition) is 1.